The van der Waals surface area contributed by atoms with Crippen LogP contribution in [0.1, 0.15) is 15.9 Å². The Morgan fingerprint density at radius 1 is 1.07 bits per heavy atom. The molecule has 0 bridgehead atoms. The SMILES string of the molecule is O=C(Nc1ccc2c(c1)N(Cc1ccc(F)cc1)C(=O)CO2)c1ccc(Cl)cc1. The van der Waals surface area contributed by atoms with E-state index in [1.54, 1.807) is 59.5 Å². The summed E-state index contributed by atoms with van der Waals surface area (Å²) >= 11 is 5.86. The van der Waals surface area contributed by atoms with Crippen LogP contribution < -0.4 is 15.0 Å². The molecule has 1 heterocycles. The van der Waals surface area contributed by atoms with Gasteiger partial charge in [-0.15, -0.1) is 0 Å². The van der Waals surface area contributed by atoms with E-state index in [9.17, 15) is 14.0 Å². The Bertz CT molecular complexity index is 1070. The third kappa shape index (κ3) is 4.22. The number of rotatable bonds is 4. The lowest BCUT2D eigenvalue weighted by Crippen LogP contribution is -2.38. The Hall–Kier alpha value is -3.38. The van der Waals surface area contributed by atoms with Crippen molar-refractivity contribution < 1.29 is 18.7 Å². The Balaban J connectivity index is 1.59. The first kappa shape index (κ1) is 19.0. The molecule has 5 nitrogen and oxygen atoms in total. The second kappa shape index (κ2) is 7.93. The molecule has 0 saturated heterocycles. The van der Waals surface area contributed by atoms with Gasteiger partial charge in [0.05, 0.1) is 12.2 Å². The van der Waals surface area contributed by atoms with Crippen molar-refractivity contribution in [2.24, 2.45) is 0 Å². The minimum Gasteiger partial charge on any atom is -0.482 e. The number of hydrogen-bond acceptors (Lipinski definition) is 3. The molecule has 0 radical (unpaired) electrons. The highest BCUT2D eigenvalue weighted by Gasteiger charge is 2.26. The number of nitrogens with zero attached hydrogens (tertiary/aromatic N) is 1. The topological polar surface area (TPSA) is 58.6 Å². The molecular formula is C22H16ClFN2O3. The molecular weight excluding hydrogens is 395 g/mol. The van der Waals surface area contributed by atoms with Crippen LogP contribution in [0, 0.1) is 5.82 Å². The van der Waals surface area contributed by atoms with Crippen molar-refractivity contribution in [3.63, 3.8) is 0 Å². The van der Waals surface area contributed by atoms with Crippen LogP contribution in [0.25, 0.3) is 0 Å². The molecule has 1 aliphatic rings. The van der Waals surface area contributed by atoms with Crippen molar-refractivity contribution in [1.82, 2.24) is 0 Å². The van der Waals surface area contributed by atoms with Crippen LogP contribution in [0.2, 0.25) is 5.02 Å². The lowest BCUT2D eigenvalue weighted by Gasteiger charge is -2.30. The lowest BCUT2D eigenvalue weighted by molar-refractivity contribution is -0.121. The predicted octanol–water partition coefficient (Wildman–Crippen LogP) is 4.66. The maximum atomic E-state index is 13.2. The van der Waals surface area contributed by atoms with Gasteiger partial charge in [0.15, 0.2) is 6.61 Å². The molecule has 2 amide bonds. The first-order valence-corrected chi connectivity index (χ1v) is 9.26. The van der Waals surface area contributed by atoms with Gasteiger partial charge in [0.25, 0.3) is 11.8 Å². The Morgan fingerprint density at radius 2 is 1.79 bits per heavy atom. The summed E-state index contributed by atoms with van der Waals surface area (Å²) in [5.74, 6) is -0.316. The monoisotopic (exact) mass is 410 g/mol. The number of benzene rings is 3. The van der Waals surface area contributed by atoms with Gasteiger partial charge in [-0.1, -0.05) is 23.7 Å². The second-order valence-electron chi connectivity index (χ2n) is 6.54. The van der Waals surface area contributed by atoms with E-state index in [1.165, 1.54) is 12.1 Å². The van der Waals surface area contributed by atoms with Crippen molar-refractivity contribution in [2.45, 2.75) is 6.54 Å². The average Bonchev–Trinajstić information content (AvgIpc) is 2.72. The van der Waals surface area contributed by atoms with Crippen LogP contribution in [-0.4, -0.2) is 18.4 Å². The summed E-state index contributed by atoms with van der Waals surface area (Å²) in [7, 11) is 0. The van der Waals surface area contributed by atoms with Gasteiger partial charge in [-0.25, -0.2) is 4.39 Å². The highest BCUT2D eigenvalue weighted by Crippen LogP contribution is 2.35. The number of amides is 2. The van der Waals surface area contributed by atoms with Crippen LogP contribution >= 0.6 is 11.6 Å². The van der Waals surface area contributed by atoms with E-state index in [4.69, 9.17) is 16.3 Å². The van der Waals surface area contributed by atoms with Gasteiger partial charge < -0.3 is 15.0 Å². The Labute approximate surface area is 171 Å². The van der Waals surface area contributed by atoms with Crippen LogP contribution in [-0.2, 0) is 11.3 Å². The number of fused-ring (bicyclic) bond motifs is 1. The molecule has 0 aromatic heterocycles. The molecule has 7 heteroatoms. The zero-order valence-electron chi connectivity index (χ0n) is 15.2. The predicted molar refractivity (Wildman–Crippen MR) is 109 cm³/mol. The molecule has 0 spiro atoms. The quantitative estimate of drug-likeness (QED) is 0.680. The smallest absolute Gasteiger partial charge is 0.265 e. The number of hydrogen-bond donors (Lipinski definition) is 1. The zero-order valence-corrected chi connectivity index (χ0v) is 15.9. The molecule has 0 fully saturated rings. The lowest BCUT2D eigenvalue weighted by atomic mass is 10.1. The number of carbonyl (C=O) groups excluding carboxylic acids is 2. The van der Waals surface area contributed by atoms with E-state index in [0.717, 1.165) is 5.56 Å². The largest absolute Gasteiger partial charge is 0.482 e. The second-order valence-corrected chi connectivity index (χ2v) is 6.97. The van der Waals surface area contributed by atoms with E-state index in [1.807, 2.05) is 0 Å². The molecule has 0 atom stereocenters. The Kier molecular flexibility index (Phi) is 5.18. The maximum absolute atomic E-state index is 13.2. The fraction of sp³-hybridized carbons (Fsp3) is 0.0909. The van der Waals surface area contributed by atoms with Crippen LogP contribution in [0.4, 0.5) is 15.8 Å². The Morgan fingerprint density at radius 3 is 2.52 bits per heavy atom. The molecule has 3 aromatic carbocycles. The summed E-state index contributed by atoms with van der Waals surface area (Å²) in [5.41, 5.74) is 2.30. The van der Waals surface area contributed by atoms with E-state index in [2.05, 4.69) is 5.32 Å². The summed E-state index contributed by atoms with van der Waals surface area (Å²) in [5, 5.41) is 3.35. The fourth-order valence-electron chi connectivity index (χ4n) is 3.03. The molecule has 4 rings (SSSR count). The van der Waals surface area contributed by atoms with Crippen molar-refractivity contribution in [3.8, 4) is 5.75 Å². The van der Waals surface area contributed by atoms with E-state index >= 15 is 0 Å². The molecule has 0 unspecified atom stereocenters. The first-order chi connectivity index (χ1) is 14.0. The van der Waals surface area contributed by atoms with Gasteiger partial charge in [0, 0.05) is 16.3 Å². The summed E-state index contributed by atoms with van der Waals surface area (Å²) < 4.78 is 18.7. The summed E-state index contributed by atoms with van der Waals surface area (Å²) in [6.45, 7) is 0.189. The van der Waals surface area contributed by atoms with Crippen LogP contribution in [0.15, 0.2) is 66.7 Å². The number of ether oxygens (including phenoxy) is 1. The molecule has 146 valence electrons. The molecule has 1 aliphatic heterocycles. The highest BCUT2D eigenvalue weighted by molar-refractivity contribution is 6.30. The normalized spacial score (nSPS) is 12.9. The molecule has 0 saturated carbocycles. The van der Waals surface area contributed by atoms with Gasteiger partial charge in [-0.05, 0) is 60.2 Å². The number of carbonyl (C=O) groups is 2. The summed E-state index contributed by atoms with van der Waals surface area (Å²) in [6, 6.07) is 17.6. The molecule has 3 aromatic rings. The maximum Gasteiger partial charge on any atom is 0.265 e. The van der Waals surface area contributed by atoms with Crippen molar-refractivity contribution in [1.29, 1.82) is 0 Å². The van der Waals surface area contributed by atoms with Gasteiger partial charge in [0.2, 0.25) is 0 Å². The highest BCUT2D eigenvalue weighted by atomic mass is 35.5. The van der Waals surface area contributed by atoms with Crippen molar-refractivity contribution >= 4 is 34.8 Å². The van der Waals surface area contributed by atoms with Gasteiger partial charge in [-0.2, -0.15) is 0 Å². The standard InChI is InChI=1S/C22H16ClFN2O3/c23-16-5-3-15(4-6-16)22(28)25-18-9-10-20-19(11-18)26(21(27)13-29-20)12-14-1-7-17(24)8-2-14/h1-11H,12-13H2,(H,25,28). The number of halogens is 2. The van der Waals surface area contributed by atoms with Gasteiger partial charge in [0.1, 0.15) is 11.6 Å². The van der Waals surface area contributed by atoms with E-state index in [0.29, 0.717) is 27.7 Å². The number of anilines is 2. The van der Waals surface area contributed by atoms with Crippen molar-refractivity contribution in [2.75, 3.05) is 16.8 Å². The summed E-state index contributed by atoms with van der Waals surface area (Å²) in [4.78, 5) is 26.5. The van der Waals surface area contributed by atoms with Crippen LogP contribution in [0.5, 0.6) is 5.75 Å². The molecule has 1 N–H and O–H groups in total. The minimum atomic E-state index is -0.338. The molecule has 29 heavy (non-hydrogen) atoms. The van der Waals surface area contributed by atoms with Gasteiger partial charge in [-0.3, -0.25) is 9.59 Å². The first-order valence-electron chi connectivity index (χ1n) is 8.88. The third-order valence-electron chi connectivity index (χ3n) is 4.52. The van der Waals surface area contributed by atoms with E-state index in [-0.39, 0.29) is 30.8 Å². The number of nitrogens with one attached hydrogen (secondary N) is 1. The fourth-order valence-corrected chi connectivity index (χ4v) is 3.16. The van der Waals surface area contributed by atoms with Crippen LogP contribution in [0.3, 0.4) is 0 Å². The molecule has 0 aliphatic carbocycles. The van der Waals surface area contributed by atoms with E-state index < -0.39 is 0 Å². The van der Waals surface area contributed by atoms with Gasteiger partial charge >= 0.3 is 0 Å². The zero-order chi connectivity index (χ0) is 20.4. The minimum absolute atomic E-state index is 0.0787. The average molecular weight is 411 g/mol. The third-order valence-corrected chi connectivity index (χ3v) is 4.77. The summed E-state index contributed by atoms with van der Waals surface area (Å²) in [6.07, 6.45) is 0. The van der Waals surface area contributed by atoms with Crippen molar-refractivity contribution in [3.05, 3.63) is 88.7 Å².